The molecule has 2 aromatic rings. The molecule has 27 heavy (non-hydrogen) atoms. The lowest BCUT2D eigenvalue weighted by atomic mass is 10.2. The van der Waals surface area contributed by atoms with Crippen LogP contribution in [0.25, 0.3) is 0 Å². The van der Waals surface area contributed by atoms with E-state index in [0.29, 0.717) is 16.9 Å². The molecule has 0 aliphatic rings. The number of nitriles is 1. The number of anilines is 2. The van der Waals surface area contributed by atoms with Crippen LogP contribution in [0.5, 0.6) is 0 Å². The van der Waals surface area contributed by atoms with Crippen molar-refractivity contribution in [3.8, 4) is 6.07 Å². The lowest BCUT2D eigenvalue weighted by Crippen LogP contribution is -2.31. The molecule has 3 amide bonds. The average molecular weight is 366 g/mol. The molecule has 0 aromatic heterocycles. The van der Waals surface area contributed by atoms with Gasteiger partial charge in [-0.3, -0.25) is 9.59 Å². The summed E-state index contributed by atoms with van der Waals surface area (Å²) in [4.78, 5) is 35.0. The third-order valence-electron chi connectivity index (χ3n) is 3.29. The van der Waals surface area contributed by atoms with Crippen molar-refractivity contribution in [2.75, 3.05) is 23.8 Å². The van der Waals surface area contributed by atoms with E-state index in [1.807, 2.05) is 12.1 Å². The fourth-order valence-electron chi connectivity index (χ4n) is 2.06. The van der Waals surface area contributed by atoms with E-state index in [0.717, 1.165) is 0 Å². The van der Waals surface area contributed by atoms with Crippen LogP contribution in [-0.2, 0) is 14.3 Å². The van der Waals surface area contributed by atoms with E-state index in [-0.39, 0.29) is 13.0 Å². The maximum Gasteiger partial charge on any atom is 0.319 e. The Kier molecular flexibility index (Phi) is 7.36. The molecule has 0 aliphatic heterocycles. The Bertz CT molecular complexity index is 846. The second-order valence-corrected chi connectivity index (χ2v) is 5.40. The van der Waals surface area contributed by atoms with E-state index in [4.69, 9.17) is 10.00 Å². The van der Waals surface area contributed by atoms with E-state index in [1.54, 1.807) is 42.5 Å². The third-order valence-corrected chi connectivity index (χ3v) is 3.29. The van der Waals surface area contributed by atoms with E-state index < -0.39 is 24.5 Å². The van der Waals surface area contributed by atoms with Gasteiger partial charge >= 0.3 is 12.0 Å². The number of carbonyl (C=O) groups excluding carboxylic acids is 3. The minimum atomic E-state index is -0.615. The molecular formula is C19H18N4O4. The van der Waals surface area contributed by atoms with Crippen molar-refractivity contribution in [1.29, 1.82) is 5.26 Å². The molecular weight excluding hydrogens is 348 g/mol. The van der Waals surface area contributed by atoms with Gasteiger partial charge in [0.25, 0.3) is 5.91 Å². The van der Waals surface area contributed by atoms with Gasteiger partial charge in [0.1, 0.15) is 0 Å². The molecule has 0 unspecified atom stereocenters. The molecule has 0 radical (unpaired) electrons. The number of para-hydroxylation sites is 1. The van der Waals surface area contributed by atoms with Crippen molar-refractivity contribution >= 4 is 29.3 Å². The number of amides is 3. The van der Waals surface area contributed by atoms with Gasteiger partial charge in [0.15, 0.2) is 6.61 Å². The van der Waals surface area contributed by atoms with Crippen molar-refractivity contribution in [2.45, 2.75) is 6.42 Å². The van der Waals surface area contributed by atoms with Gasteiger partial charge in [0, 0.05) is 17.9 Å². The van der Waals surface area contributed by atoms with Crippen LogP contribution in [-0.4, -0.2) is 31.1 Å². The smallest absolute Gasteiger partial charge is 0.319 e. The molecule has 2 aromatic carbocycles. The van der Waals surface area contributed by atoms with Gasteiger partial charge in [0.2, 0.25) is 0 Å². The number of benzene rings is 2. The summed E-state index contributed by atoms with van der Waals surface area (Å²) in [7, 11) is 0. The fourth-order valence-corrected chi connectivity index (χ4v) is 2.06. The molecule has 8 heteroatoms. The van der Waals surface area contributed by atoms with Crippen LogP contribution in [0.15, 0.2) is 54.6 Å². The second-order valence-electron chi connectivity index (χ2n) is 5.40. The minimum Gasteiger partial charge on any atom is -0.456 e. The highest BCUT2D eigenvalue weighted by molar-refractivity contribution is 5.93. The quantitative estimate of drug-likeness (QED) is 0.649. The van der Waals surface area contributed by atoms with Crippen molar-refractivity contribution in [1.82, 2.24) is 5.32 Å². The van der Waals surface area contributed by atoms with Gasteiger partial charge < -0.3 is 20.7 Å². The Morgan fingerprint density at radius 2 is 1.70 bits per heavy atom. The number of carbonyl (C=O) groups is 3. The molecule has 0 atom stereocenters. The van der Waals surface area contributed by atoms with Gasteiger partial charge in [-0.25, -0.2) is 4.79 Å². The number of hydrogen-bond donors (Lipinski definition) is 3. The monoisotopic (exact) mass is 366 g/mol. The molecule has 8 nitrogen and oxygen atoms in total. The largest absolute Gasteiger partial charge is 0.456 e. The highest BCUT2D eigenvalue weighted by Gasteiger charge is 2.09. The number of nitrogens with one attached hydrogen (secondary N) is 3. The zero-order valence-electron chi connectivity index (χ0n) is 14.4. The number of rotatable bonds is 7. The van der Waals surface area contributed by atoms with Crippen molar-refractivity contribution < 1.29 is 19.1 Å². The predicted molar refractivity (Wildman–Crippen MR) is 98.8 cm³/mol. The molecule has 138 valence electrons. The lowest BCUT2D eigenvalue weighted by molar-refractivity contribution is -0.147. The number of ether oxygens (including phenoxy) is 1. The van der Waals surface area contributed by atoms with Crippen molar-refractivity contribution in [3.63, 3.8) is 0 Å². The first-order valence-electron chi connectivity index (χ1n) is 8.12. The summed E-state index contributed by atoms with van der Waals surface area (Å²) in [6.45, 7) is -0.380. The van der Waals surface area contributed by atoms with Crippen LogP contribution < -0.4 is 16.0 Å². The molecule has 0 spiro atoms. The van der Waals surface area contributed by atoms with Gasteiger partial charge in [-0.15, -0.1) is 0 Å². The molecule has 0 fully saturated rings. The first kappa shape index (κ1) is 19.5. The summed E-state index contributed by atoms with van der Waals surface area (Å²) < 4.78 is 4.84. The van der Waals surface area contributed by atoms with E-state index in [2.05, 4.69) is 16.0 Å². The Hall–Kier alpha value is -3.86. The molecule has 0 heterocycles. The van der Waals surface area contributed by atoms with Crippen LogP contribution in [0.4, 0.5) is 16.2 Å². The van der Waals surface area contributed by atoms with Crippen LogP contribution in [0.3, 0.4) is 0 Å². The standard InChI is InChI=1S/C19H18N4O4/c20-12-14-5-4-8-16(11-14)22-17(24)13-27-18(25)9-10-21-19(26)23-15-6-2-1-3-7-15/h1-8,11H,9-10,13H2,(H,22,24)(H2,21,23,26). The van der Waals surface area contributed by atoms with Gasteiger partial charge in [-0.05, 0) is 30.3 Å². The van der Waals surface area contributed by atoms with Crippen LogP contribution in [0.2, 0.25) is 0 Å². The first-order chi connectivity index (χ1) is 13.1. The first-order valence-corrected chi connectivity index (χ1v) is 8.12. The van der Waals surface area contributed by atoms with Crippen LogP contribution >= 0.6 is 0 Å². The number of esters is 1. The van der Waals surface area contributed by atoms with Gasteiger partial charge in [0.05, 0.1) is 18.1 Å². The van der Waals surface area contributed by atoms with E-state index >= 15 is 0 Å². The summed E-state index contributed by atoms with van der Waals surface area (Å²) in [5.74, 6) is -1.14. The molecule has 2 rings (SSSR count). The Morgan fingerprint density at radius 3 is 2.44 bits per heavy atom. The van der Waals surface area contributed by atoms with Crippen LogP contribution in [0.1, 0.15) is 12.0 Å². The number of nitrogens with zero attached hydrogens (tertiary/aromatic N) is 1. The van der Waals surface area contributed by atoms with Crippen molar-refractivity contribution in [3.05, 3.63) is 60.2 Å². The summed E-state index contributed by atoms with van der Waals surface area (Å²) in [5, 5.41) is 16.5. The topological polar surface area (TPSA) is 120 Å². The molecule has 0 saturated carbocycles. The Balaban J connectivity index is 1.63. The zero-order valence-corrected chi connectivity index (χ0v) is 14.4. The Morgan fingerprint density at radius 1 is 0.963 bits per heavy atom. The zero-order chi connectivity index (χ0) is 19.5. The van der Waals surface area contributed by atoms with Gasteiger partial charge in [-0.1, -0.05) is 24.3 Å². The summed E-state index contributed by atoms with van der Waals surface area (Å²) in [6.07, 6.45) is -0.0700. The normalized spacial score (nSPS) is 9.59. The van der Waals surface area contributed by atoms with Crippen molar-refractivity contribution in [2.24, 2.45) is 0 Å². The minimum absolute atomic E-state index is 0.0700. The number of urea groups is 1. The van der Waals surface area contributed by atoms with Gasteiger partial charge in [-0.2, -0.15) is 5.26 Å². The second kappa shape index (κ2) is 10.2. The summed E-state index contributed by atoms with van der Waals surface area (Å²) >= 11 is 0. The molecule has 0 saturated heterocycles. The Labute approximate surface area is 156 Å². The number of hydrogen-bond acceptors (Lipinski definition) is 5. The van der Waals surface area contributed by atoms with E-state index in [1.165, 1.54) is 6.07 Å². The summed E-state index contributed by atoms with van der Waals surface area (Å²) in [6, 6.07) is 16.8. The molecule has 3 N–H and O–H groups in total. The van der Waals surface area contributed by atoms with E-state index in [9.17, 15) is 14.4 Å². The average Bonchev–Trinajstić information content (AvgIpc) is 2.67. The summed E-state index contributed by atoms with van der Waals surface area (Å²) in [5.41, 5.74) is 1.48. The molecule has 0 aliphatic carbocycles. The highest BCUT2D eigenvalue weighted by atomic mass is 16.5. The maximum absolute atomic E-state index is 11.8. The van der Waals surface area contributed by atoms with Crippen LogP contribution in [0, 0.1) is 11.3 Å². The predicted octanol–water partition coefficient (Wildman–Crippen LogP) is 2.25. The highest BCUT2D eigenvalue weighted by Crippen LogP contribution is 2.09. The fraction of sp³-hybridized carbons (Fsp3) is 0.158. The molecule has 0 bridgehead atoms. The SMILES string of the molecule is N#Cc1cccc(NC(=O)COC(=O)CCNC(=O)Nc2ccccc2)c1. The maximum atomic E-state index is 11.8. The lowest BCUT2D eigenvalue weighted by Gasteiger charge is -2.08. The third kappa shape index (κ3) is 7.27.